The van der Waals surface area contributed by atoms with E-state index in [2.05, 4.69) is 0 Å². The van der Waals surface area contributed by atoms with Gasteiger partial charge in [0.25, 0.3) is 0 Å². The molecule has 1 aromatic carbocycles. The molecule has 0 spiro atoms. The van der Waals surface area contributed by atoms with Crippen LogP contribution < -0.4 is 9.64 Å². The zero-order valence-corrected chi connectivity index (χ0v) is 13.1. The molecule has 1 aromatic rings. The fraction of sp³-hybridized carbons (Fsp3) is 0.500. The number of hydrogen-bond donors (Lipinski definition) is 0. The Bertz CT molecular complexity index is 527. The summed E-state index contributed by atoms with van der Waals surface area (Å²) in [7, 11) is 1.57. The summed E-state index contributed by atoms with van der Waals surface area (Å²) >= 11 is 0. The third kappa shape index (κ3) is 3.98. The first-order valence-corrected chi connectivity index (χ1v) is 7.40. The summed E-state index contributed by atoms with van der Waals surface area (Å²) in [6, 6.07) is 7.31. The maximum atomic E-state index is 12.2. The van der Waals surface area contributed by atoms with Gasteiger partial charge < -0.3 is 19.3 Å². The summed E-state index contributed by atoms with van der Waals surface area (Å²) in [5, 5.41) is 0. The highest BCUT2D eigenvalue weighted by atomic mass is 16.5. The number of hydrogen-bond acceptors (Lipinski definition) is 4. The lowest BCUT2D eigenvalue weighted by Gasteiger charge is -2.28. The molecule has 0 unspecified atom stereocenters. The maximum Gasteiger partial charge on any atom is 0.224 e. The Kier molecular flexibility index (Phi) is 5.77. The third-order valence-electron chi connectivity index (χ3n) is 3.67. The van der Waals surface area contributed by atoms with E-state index in [0.717, 1.165) is 0 Å². The molecule has 6 nitrogen and oxygen atoms in total. The van der Waals surface area contributed by atoms with Gasteiger partial charge in [0.15, 0.2) is 0 Å². The Morgan fingerprint density at radius 2 is 1.95 bits per heavy atom. The highest BCUT2D eigenvalue weighted by molar-refractivity contribution is 5.93. The Morgan fingerprint density at radius 1 is 1.27 bits per heavy atom. The average molecular weight is 306 g/mol. The molecule has 1 saturated heterocycles. The quantitative estimate of drug-likeness (QED) is 0.822. The topological polar surface area (TPSA) is 59.1 Å². The second-order valence-electron chi connectivity index (χ2n) is 5.09. The van der Waals surface area contributed by atoms with Crippen molar-refractivity contribution in [3.63, 3.8) is 0 Å². The van der Waals surface area contributed by atoms with Crippen LogP contribution in [-0.2, 0) is 14.3 Å². The summed E-state index contributed by atoms with van der Waals surface area (Å²) in [5.41, 5.74) is 0.687. The summed E-state index contributed by atoms with van der Waals surface area (Å²) in [4.78, 5) is 27.5. The van der Waals surface area contributed by atoms with Gasteiger partial charge in [-0.25, -0.2) is 0 Å². The number of ether oxygens (including phenoxy) is 2. The summed E-state index contributed by atoms with van der Waals surface area (Å²) < 4.78 is 10.5. The van der Waals surface area contributed by atoms with Gasteiger partial charge in [0.2, 0.25) is 11.8 Å². The van der Waals surface area contributed by atoms with E-state index in [4.69, 9.17) is 9.47 Å². The molecule has 0 saturated carbocycles. The molecule has 2 amide bonds. The molecule has 1 heterocycles. The van der Waals surface area contributed by atoms with Crippen LogP contribution >= 0.6 is 0 Å². The van der Waals surface area contributed by atoms with Gasteiger partial charge in [0.1, 0.15) is 5.75 Å². The van der Waals surface area contributed by atoms with Crippen LogP contribution in [0, 0.1) is 0 Å². The van der Waals surface area contributed by atoms with Gasteiger partial charge in [-0.1, -0.05) is 12.1 Å². The number of carbonyl (C=O) groups is 2. The minimum Gasteiger partial charge on any atom is -0.495 e. The molecular weight excluding hydrogens is 284 g/mol. The van der Waals surface area contributed by atoms with Gasteiger partial charge >= 0.3 is 0 Å². The van der Waals surface area contributed by atoms with Gasteiger partial charge in [0, 0.05) is 33.0 Å². The lowest BCUT2D eigenvalue weighted by atomic mass is 10.2. The van der Waals surface area contributed by atoms with E-state index in [1.807, 2.05) is 18.2 Å². The molecule has 1 aliphatic heterocycles. The number of para-hydroxylation sites is 2. The number of benzene rings is 1. The minimum absolute atomic E-state index is 0.0458. The number of morpholine rings is 1. The van der Waals surface area contributed by atoms with Crippen molar-refractivity contribution in [2.45, 2.75) is 13.3 Å². The first-order chi connectivity index (χ1) is 10.6. The van der Waals surface area contributed by atoms with E-state index in [0.29, 0.717) is 44.3 Å². The molecule has 0 aliphatic carbocycles. The number of carbonyl (C=O) groups excluding carboxylic acids is 2. The average Bonchev–Trinajstić information content (AvgIpc) is 2.55. The van der Waals surface area contributed by atoms with Gasteiger partial charge in [-0.05, 0) is 12.1 Å². The lowest BCUT2D eigenvalue weighted by Crippen LogP contribution is -2.42. The van der Waals surface area contributed by atoms with Crippen molar-refractivity contribution in [3.05, 3.63) is 24.3 Å². The monoisotopic (exact) mass is 306 g/mol. The van der Waals surface area contributed by atoms with Crippen molar-refractivity contribution in [1.82, 2.24) is 4.90 Å². The van der Waals surface area contributed by atoms with E-state index >= 15 is 0 Å². The molecule has 0 atom stereocenters. The van der Waals surface area contributed by atoms with Crippen molar-refractivity contribution >= 4 is 17.5 Å². The Balaban J connectivity index is 2.03. The van der Waals surface area contributed by atoms with Gasteiger partial charge in [-0.2, -0.15) is 0 Å². The predicted octanol–water partition coefficient (Wildman–Crippen LogP) is 1.30. The van der Waals surface area contributed by atoms with E-state index in [-0.39, 0.29) is 18.2 Å². The summed E-state index contributed by atoms with van der Waals surface area (Å²) in [6.07, 6.45) is 0.289. The SMILES string of the molecule is COc1ccccc1N(CCC(=O)N1CCOCC1)C(C)=O. The lowest BCUT2D eigenvalue weighted by molar-refractivity contribution is -0.135. The number of anilines is 1. The molecule has 1 fully saturated rings. The van der Waals surface area contributed by atoms with Crippen molar-refractivity contribution in [3.8, 4) is 5.75 Å². The largest absolute Gasteiger partial charge is 0.495 e. The molecular formula is C16H22N2O4. The molecule has 2 rings (SSSR count). The zero-order chi connectivity index (χ0) is 15.9. The van der Waals surface area contributed by atoms with E-state index < -0.39 is 0 Å². The molecule has 6 heteroatoms. The molecule has 1 aliphatic rings. The van der Waals surface area contributed by atoms with Crippen LogP contribution in [0.25, 0.3) is 0 Å². The number of nitrogens with zero attached hydrogens (tertiary/aromatic N) is 2. The van der Waals surface area contributed by atoms with E-state index in [9.17, 15) is 9.59 Å². The summed E-state index contributed by atoms with van der Waals surface area (Å²) in [5.74, 6) is 0.556. The third-order valence-corrected chi connectivity index (χ3v) is 3.67. The predicted molar refractivity (Wildman–Crippen MR) is 83.0 cm³/mol. The van der Waals surface area contributed by atoms with Crippen LogP contribution in [-0.4, -0.2) is 56.7 Å². The van der Waals surface area contributed by atoms with E-state index in [1.165, 1.54) is 6.92 Å². The first kappa shape index (κ1) is 16.3. The normalized spacial score (nSPS) is 14.5. The van der Waals surface area contributed by atoms with Crippen LogP contribution in [0.15, 0.2) is 24.3 Å². The van der Waals surface area contributed by atoms with Crippen LogP contribution in [0.5, 0.6) is 5.75 Å². The van der Waals surface area contributed by atoms with Crippen molar-refractivity contribution < 1.29 is 19.1 Å². The number of methoxy groups -OCH3 is 1. The Morgan fingerprint density at radius 3 is 2.59 bits per heavy atom. The molecule has 0 N–H and O–H groups in total. The highest BCUT2D eigenvalue weighted by Gasteiger charge is 2.20. The molecule has 0 aromatic heterocycles. The molecule has 120 valence electrons. The smallest absolute Gasteiger partial charge is 0.224 e. The maximum absolute atomic E-state index is 12.2. The standard InChI is InChI=1S/C16H22N2O4/c1-13(19)18(14-5-3-4-6-15(14)21-2)8-7-16(20)17-9-11-22-12-10-17/h3-6H,7-12H2,1-2H3. The van der Waals surface area contributed by atoms with Crippen LogP contribution in [0.1, 0.15) is 13.3 Å². The fourth-order valence-electron chi connectivity index (χ4n) is 2.48. The fourth-order valence-corrected chi connectivity index (χ4v) is 2.48. The van der Waals surface area contributed by atoms with E-state index in [1.54, 1.807) is 23.0 Å². The van der Waals surface area contributed by atoms with Crippen LogP contribution in [0.4, 0.5) is 5.69 Å². The van der Waals surface area contributed by atoms with Gasteiger partial charge in [-0.15, -0.1) is 0 Å². The molecule has 0 bridgehead atoms. The summed E-state index contributed by atoms with van der Waals surface area (Å²) in [6.45, 7) is 4.22. The van der Waals surface area contributed by atoms with Crippen molar-refractivity contribution in [2.75, 3.05) is 44.9 Å². The van der Waals surface area contributed by atoms with Gasteiger partial charge in [-0.3, -0.25) is 9.59 Å². The second kappa shape index (κ2) is 7.79. The number of amides is 2. The van der Waals surface area contributed by atoms with Crippen molar-refractivity contribution in [2.24, 2.45) is 0 Å². The highest BCUT2D eigenvalue weighted by Crippen LogP contribution is 2.27. The van der Waals surface area contributed by atoms with Crippen LogP contribution in [0.3, 0.4) is 0 Å². The van der Waals surface area contributed by atoms with Gasteiger partial charge in [0.05, 0.1) is 26.0 Å². The second-order valence-corrected chi connectivity index (χ2v) is 5.09. The molecule has 0 radical (unpaired) electrons. The Hall–Kier alpha value is -2.08. The first-order valence-electron chi connectivity index (χ1n) is 7.40. The Labute approximate surface area is 130 Å². The zero-order valence-electron chi connectivity index (χ0n) is 13.1. The molecule has 22 heavy (non-hydrogen) atoms. The van der Waals surface area contributed by atoms with Crippen LogP contribution in [0.2, 0.25) is 0 Å². The minimum atomic E-state index is -0.112. The van der Waals surface area contributed by atoms with Crippen molar-refractivity contribution in [1.29, 1.82) is 0 Å². The number of rotatable bonds is 5.